The van der Waals surface area contributed by atoms with Crippen LogP contribution in [0.5, 0.6) is 0 Å². The Morgan fingerprint density at radius 3 is 2.27 bits per heavy atom. The molecular formula is C15H14F6N4O. The fourth-order valence-electron chi connectivity index (χ4n) is 2.06. The van der Waals surface area contributed by atoms with Crippen LogP contribution in [0.2, 0.25) is 0 Å². The summed E-state index contributed by atoms with van der Waals surface area (Å²) in [4.78, 5) is 7.04. The van der Waals surface area contributed by atoms with Gasteiger partial charge in [0.2, 0.25) is 5.95 Å². The predicted octanol–water partition coefficient (Wildman–Crippen LogP) is 3.97. The van der Waals surface area contributed by atoms with Crippen molar-refractivity contribution in [3.05, 3.63) is 41.1 Å². The normalized spacial score (nSPS) is 12.2. The molecule has 0 spiro atoms. The van der Waals surface area contributed by atoms with Crippen molar-refractivity contribution in [3.8, 4) is 0 Å². The van der Waals surface area contributed by atoms with Crippen molar-refractivity contribution in [2.45, 2.75) is 19.3 Å². The number of aliphatic hydroxyl groups excluding tert-OH is 1. The lowest BCUT2D eigenvalue weighted by molar-refractivity contribution is -0.141. The van der Waals surface area contributed by atoms with Gasteiger partial charge in [-0.15, -0.1) is 0 Å². The number of nitrogens with one attached hydrogen (secondary N) is 2. The van der Waals surface area contributed by atoms with Crippen molar-refractivity contribution < 1.29 is 31.4 Å². The van der Waals surface area contributed by atoms with Gasteiger partial charge in [0, 0.05) is 18.3 Å². The summed E-state index contributed by atoms with van der Waals surface area (Å²) in [6.45, 7) is 0.814. The molecule has 0 radical (unpaired) electrons. The van der Waals surface area contributed by atoms with Crippen LogP contribution >= 0.6 is 0 Å². The number of hydrogen-bond acceptors (Lipinski definition) is 5. The van der Waals surface area contributed by atoms with Crippen LogP contribution in [0.1, 0.15) is 16.8 Å². The van der Waals surface area contributed by atoms with E-state index < -0.39 is 29.6 Å². The highest BCUT2D eigenvalue weighted by Gasteiger charge is 2.34. The minimum absolute atomic E-state index is 0.0213. The zero-order valence-corrected chi connectivity index (χ0v) is 13.3. The third-order valence-corrected chi connectivity index (χ3v) is 3.23. The first-order valence-electron chi connectivity index (χ1n) is 7.26. The fourth-order valence-corrected chi connectivity index (χ4v) is 2.06. The van der Waals surface area contributed by atoms with Gasteiger partial charge in [-0.3, -0.25) is 0 Å². The molecule has 5 nitrogen and oxygen atoms in total. The van der Waals surface area contributed by atoms with Crippen LogP contribution in [0.4, 0.5) is 43.8 Å². The van der Waals surface area contributed by atoms with Crippen LogP contribution in [0.25, 0.3) is 0 Å². The Balaban J connectivity index is 2.39. The van der Waals surface area contributed by atoms with E-state index in [1.807, 2.05) is 0 Å². The molecule has 26 heavy (non-hydrogen) atoms. The van der Waals surface area contributed by atoms with Gasteiger partial charge in [-0.05, 0) is 24.6 Å². The SMILES string of the molecule is Cc1ccc(Nc2cc(C(F)(F)F)nc(NCCO)n2)cc1C(F)(F)F. The van der Waals surface area contributed by atoms with Crippen LogP contribution in [-0.2, 0) is 12.4 Å². The van der Waals surface area contributed by atoms with Crippen molar-refractivity contribution in [1.82, 2.24) is 9.97 Å². The minimum Gasteiger partial charge on any atom is -0.395 e. The second-order valence-corrected chi connectivity index (χ2v) is 5.26. The summed E-state index contributed by atoms with van der Waals surface area (Å²) in [5, 5.41) is 13.5. The maximum atomic E-state index is 13.0. The fraction of sp³-hybridized carbons (Fsp3) is 0.333. The number of halogens is 6. The van der Waals surface area contributed by atoms with Gasteiger partial charge in [0.25, 0.3) is 0 Å². The summed E-state index contributed by atoms with van der Waals surface area (Å²) in [6, 6.07) is 3.85. The van der Waals surface area contributed by atoms with Gasteiger partial charge in [0.05, 0.1) is 12.2 Å². The number of aromatic nitrogens is 2. The number of nitrogens with zero attached hydrogens (tertiary/aromatic N) is 2. The van der Waals surface area contributed by atoms with Crippen LogP contribution in [0, 0.1) is 6.92 Å². The minimum atomic E-state index is -4.78. The van der Waals surface area contributed by atoms with Crippen molar-refractivity contribution in [3.63, 3.8) is 0 Å². The molecule has 2 aromatic rings. The Bertz CT molecular complexity index is 776. The molecule has 0 amide bonds. The second-order valence-electron chi connectivity index (χ2n) is 5.26. The standard InChI is InChI=1S/C15H14F6N4O/c1-8-2-3-9(6-10(8)14(16,17)18)23-12-7-11(15(19,20)21)24-13(25-12)22-4-5-26/h2-3,6-7,26H,4-5H2,1H3,(H2,22,23,24,25). The number of rotatable bonds is 5. The monoisotopic (exact) mass is 380 g/mol. The first-order valence-corrected chi connectivity index (χ1v) is 7.26. The third-order valence-electron chi connectivity index (χ3n) is 3.23. The second kappa shape index (κ2) is 7.36. The summed E-state index contributed by atoms with van der Waals surface area (Å²) >= 11 is 0. The lowest BCUT2D eigenvalue weighted by Gasteiger charge is -2.15. The molecule has 3 N–H and O–H groups in total. The Hall–Kier alpha value is -2.56. The quantitative estimate of drug-likeness (QED) is 0.685. The van der Waals surface area contributed by atoms with Gasteiger partial charge in [-0.2, -0.15) is 31.3 Å². The summed E-state index contributed by atoms with van der Waals surface area (Å²) < 4.78 is 77.7. The molecule has 0 fully saturated rings. The van der Waals surface area contributed by atoms with E-state index in [4.69, 9.17) is 5.11 Å². The molecule has 0 aliphatic rings. The highest BCUT2D eigenvalue weighted by Crippen LogP contribution is 2.35. The first-order chi connectivity index (χ1) is 12.0. The van der Waals surface area contributed by atoms with E-state index in [9.17, 15) is 26.3 Å². The molecule has 0 saturated heterocycles. The molecule has 0 saturated carbocycles. The average molecular weight is 380 g/mol. The van der Waals surface area contributed by atoms with Crippen molar-refractivity contribution in [2.24, 2.45) is 0 Å². The molecule has 142 valence electrons. The zero-order chi connectivity index (χ0) is 19.5. The molecule has 0 bridgehead atoms. The van der Waals surface area contributed by atoms with Crippen molar-refractivity contribution in [2.75, 3.05) is 23.8 Å². The van der Waals surface area contributed by atoms with Crippen molar-refractivity contribution in [1.29, 1.82) is 0 Å². The molecule has 11 heteroatoms. The number of hydrogen-bond donors (Lipinski definition) is 3. The lowest BCUT2D eigenvalue weighted by Crippen LogP contribution is -2.15. The topological polar surface area (TPSA) is 70.1 Å². The van der Waals surface area contributed by atoms with Gasteiger partial charge in [0.15, 0.2) is 5.69 Å². The molecule has 1 aromatic carbocycles. The summed E-state index contributed by atoms with van der Waals surface area (Å²) in [7, 11) is 0. The first kappa shape index (κ1) is 19.8. The van der Waals surface area contributed by atoms with E-state index in [0.29, 0.717) is 6.07 Å². The van der Waals surface area contributed by atoms with Gasteiger partial charge < -0.3 is 15.7 Å². The molecule has 1 heterocycles. The Morgan fingerprint density at radius 1 is 1.00 bits per heavy atom. The number of anilines is 3. The lowest BCUT2D eigenvalue weighted by atomic mass is 10.1. The van der Waals surface area contributed by atoms with Crippen LogP contribution in [-0.4, -0.2) is 28.2 Å². The van der Waals surface area contributed by atoms with E-state index in [0.717, 1.165) is 6.07 Å². The van der Waals surface area contributed by atoms with Gasteiger partial charge in [-0.1, -0.05) is 6.07 Å². The van der Waals surface area contributed by atoms with Gasteiger partial charge in [-0.25, -0.2) is 4.98 Å². The Morgan fingerprint density at radius 2 is 1.69 bits per heavy atom. The Kier molecular flexibility index (Phi) is 5.59. The zero-order valence-electron chi connectivity index (χ0n) is 13.3. The van der Waals surface area contributed by atoms with Gasteiger partial charge >= 0.3 is 12.4 Å². The predicted molar refractivity (Wildman–Crippen MR) is 82.1 cm³/mol. The van der Waals surface area contributed by atoms with E-state index in [-0.39, 0.29) is 30.2 Å². The number of benzene rings is 1. The van der Waals surface area contributed by atoms with E-state index >= 15 is 0 Å². The Labute approximate surface area is 144 Å². The van der Waals surface area contributed by atoms with Crippen molar-refractivity contribution >= 4 is 17.5 Å². The van der Waals surface area contributed by atoms with E-state index in [1.165, 1.54) is 19.1 Å². The third kappa shape index (κ3) is 4.97. The average Bonchev–Trinajstić information content (AvgIpc) is 2.52. The highest BCUT2D eigenvalue weighted by atomic mass is 19.4. The molecule has 0 aliphatic heterocycles. The number of aliphatic hydroxyl groups is 1. The molecule has 2 rings (SSSR count). The van der Waals surface area contributed by atoms with Crippen LogP contribution < -0.4 is 10.6 Å². The maximum absolute atomic E-state index is 13.0. The van der Waals surface area contributed by atoms with Gasteiger partial charge in [0.1, 0.15) is 5.82 Å². The molecular weight excluding hydrogens is 366 g/mol. The smallest absolute Gasteiger partial charge is 0.395 e. The summed E-state index contributed by atoms with van der Waals surface area (Å²) in [5.74, 6) is -0.760. The highest BCUT2D eigenvalue weighted by molar-refractivity contribution is 5.60. The summed E-state index contributed by atoms with van der Waals surface area (Å²) in [6.07, 6.45) is -9.38. The number of alkyl halides is 6. The summed E-state index contributed by atoms with van der Waals surface area (Å²) in [5.41, 5.74) is -2.29. The molecule has 0 atom stereocenters. The molecule has 0 unspecified atom stereocenters. The van der Waals surface area contributed by atoms with E-state index in [2.05, 4.69) is 20.6 Å². The maximum Gasteiger partial charge on any atom is 0.433 e. The number of aryl methyl sites for hydroxylation is 1. The van der Waals surface area contributed by atoms with E-state index in [1.54, 1.807) is 0 Å². The molecule has 1 aromatic heterocycles. The van der Waals surface area contributed by atoms with Crippen LogP contribution in [0.3, 0.4) is 0 Å². The largest absolute Gasteiger partial charge is 0.433 e. The molecule has 0 aliphatic carbocycles. The van der Waals surface area contributed by atoms with Crippen LogP contribution in [0.15, 0.2) is 24.3 Å².